The van der Waals surface area contributed by atoms with Gasteiger partial charge in [-0.1, -0.05) is 18.5 Å². The Labute approximate surface area is 97.4 Å². The van der Waals surface area contributed by atoms with E-state index in [0.29, 0.717) is 22.7 Å². The minimum absolute atomic E-state index is 0.232. The predicted molar refractivity (Wildman–Crippen MR) is 57.3 cm³/mol. The molecule has 2 aromatic heterocycles. The summed E-state index contributed by atoms with van der Waals surface area (Å²) < 4.78 is 10.7. The molecule has 0 aromatic carbocycles. The maximum absolute atomic E-state index is 5.64. The maximum atomic E-state index is 5.64. The van der Waals surface area contributed by atoms with Crippen LogP contribution in [0, 0.1) is 0 Å². The highest BCUT2D eigenvalue weighted by molar-refractivity contribution is 6.29. The molecule has 0 spiro atoms. The Hall–Kier alpha value is -1.62. The average Bonchev–Trinajstić information content (AvgIpc) is 2.76. The Kier molecular flexibility index (Phi) is 3.36. The Morgan fingerprint density at radius 3 is 2.75 bits per heavy atom. The van der Waals surface area contributed by atoms with Crippen molar-refractivity contribution < 1.29 is 9.15 Å². The van der Waals surface area contributed by atoms with Crippen molar-refractivity contribution in [2.75, 3.05) is 0 Å². The van der Waals surface area contributed by atoms with Gasteiger partial charge in [-0.25, -0.2) is 4.98 Å². The molecule has 0 aliphatic rings. The molecule has 5 nitrogen and oxygen atoms in total. The summed E-state index contributed by atoms with van der Waals surface area (Å²) in [6.07, 6.45) is 2.26. The summed E-state index contributed by atoms with van der Waals surface area (Å²) in [5.74, 6) is 1.67. The van der Waals surface area contributed by atoms with Gasteiger partial charge in [-0.3, -0.25) is 0 Å². The van der Waals surface area contributed by atoms with E-state index in [-0.39, 0.29) is 6.61 Å². The van der Waals surface area contributed by atoms with Gasteiger partial charge in [0, 0.05) is 6.42 Å². The maximum Gasteiger partial charge on any atom is 0.253 e. The van der Waals surface area contributed by atoms with Crippen molar-refractivity contribution in [2.45, 2.75) is 20.0 Å². The molecule has 0 unspecified atom stereocenters. The number of halogens is 1. The molecule has 0 radical (unpaired) electrons. The second kappa shape index (κ2) is 4.94. The molecule has 0 amide bonds. The molecule has 0 saturated heterocycles. The number of aromatic nitrogens is 3. The Morgan fingerprint density at radius 1 is 1.31 bits per heavy atom. The molecule has 2 aromatic rings. The Balaban J connectivity index is 1.94. The molecule has 0 bridgehead atoms. The molecule has 6 heteroatoms. The highest BCUT2D eigenvalue weighted by atomic mass is 35.5. The third-order valence-electron chi connectivity index (χ3n) is 1.87. The third-order valence-corrected chi connectivity index (χ3v) is 2.10. The minimum Gasteiger partial charge on any atom is -0.482 e. The van der Waals surface area contributed by atoms with Crippen molar-refractivity contribution in [1.82, 2.24) is 15.2 Å². The molecule has 2 heterocycles. The SMILES string of the molecule is CCc1nnc(COc2ccc(Cl)nc2)o1. The normalized spacial score (nSPS) is 10.4. The van der Waals surface area contributed by atoms with Crippen LogP contribution in [0.2, 0.25) is 5.15 Å². The summed E-state index contributed by atoms with van der Waals surface area (Å²) in [6.45, 7) is 2.18. The summed E-state index contributed by atoms with van der Waals surface area (Å²) in [5, 5.41) is 8.09. The lowest BCUT2D eigenvalue weighted by molar-refractivity contribution is 0.258. The average molecular weight is 240 g/mol. The van der Waals surface area contributed by atoms with Gasteiger partial charge >= 0.3 is 0 Å². The minimum atomic E-state index is 0.232. The van der Waals surface area contributed by atoms with Gasteiger partial charge < -0.3 is 9.15 Å². The number of nitrogens with zero attached hydrogens (tertiary/aromatic N) is 3. The molecular weight excluding hydrogens is 230 g/mol. The van der Waals surface area contributed by atoms with Gasteiger partial charge in [0.25, 0.3) is 5.89 Å². The summed E-state index contributed by atoms with van der Waals surface area (Å²) in [4.78, 5) is 3.89. The molecule has 16 heavy (non-hydrogen) atoms. The van der Waals surface area contributed by atoms with Crippen molar-refractivity contribution in [3.63, 3.8) is 0 Å². The first-order valence-electron chi connectivity index (χ1n) is 4.83. The van der Waals surface area contributed by atoms with Crippen LogP contribution in [0.15, 0.2) is 22.7 Å². The van der Waals surface area contributed by atoms with Crippen LogP contribution in [0.4, 0.5) is 0 Å². The molecule has 0 aliphatic carbocycles. The summed E-state index contributed by atoms with van der Waals surface area (Å²) in [7, 11) is 0. The molecule has 0 fully saturated rings. The van der Waals surface area contributed by atoms with Gasteiger partial charge in [0.1, 0.15) is 10.9 Å². The van der Waals surface area contributed by atoms with Crippen molar-refractivity contribution >= 4 is 11.6 Å². The lowest BCUT2D eigenvalue weighted by Gasteiger charge is -2.01. The fourth-order valence-electron chi connectivity index (χ4n) is 1.08. The van der Waals surface area contributed by atoms with E-state index < -0.39 is 0 Å². The van der Waals surface area contributed by atoms with Crippen LogP contribution in [-0.4, -0.2) is 15.2 Å². The van der Waals surface area contributed by atoms with E-state index in [2.05, 4.69) is 15.2 Å². The van der Waals surface area contributed by atoms with E-state index in [1.54, 1.807) is 18.3 Å². The summed E-state index contributed by atoms with van der Waals surface area (Å²) >= 11 is 5.64. The van der Waals surface area contributed by atoms with Crippen molar-refractivity contribution in [3.8, 4) is 5.75 Å². The van der Waals surface area contributed by atoms with Crippen LogP contribution >= 0.6 is 11.6 Å². The lowest BCUT2D eigenvalue weighted by Crippen LogP contribution is -1.95. The van der Waals surface area contributed by atoms with Crippen LogP contribution in [0.3, 0.4) is 0 Å². The monoisotopic (exact) mass is 239 g/mol. The van der Waals surface area contributed by atoms with Gasteiger partial charge in [0.05, 0.1) is 6.20 Å². The fraction of sp³-hybridized carbons (Fsp3) is 0.300. The number of ether oxygens (including phenoxy) is 1. The van der Waals surface area contributed by atoms with E-state index in [9.17, 15) is 0 Å². The van der Waals surface area contributed by atoms with Crippen LogP contribution in [0.1, 0.15) is 18.7 Å². The number of hydrogen-bond donors (Lipinski definition) is 0. The summed E-state index contributed by atoms with van der Waals surface area (Å²) in [5.41, 5.74) is 0. The third kappa shape index (κ3) is 2.70. The molecule has 84 valence electrons. The molecule has 0 saturated carbocycles. The molecule has 0 aliphatic heterocycles. The number of aryl methyl sites for hydroxylation is 1. The van der Waals surface area contributed by atoms with Crippen LogP contribution in [-0.2, 0) is 13.0 Å². The molecule has 0 N–H and O–H groups in total. The predicted octanol–water partition coefficient (Wildman–Crippen LogP) is 2.26. The van der Waals surface area contributed by atoms with Gasteiger partial charge in [-0.05, 0) is 12.1 Å². The van der Waals surface area contributed by atoms with E-state index >= 15 is 0 Å². The summed E-state index contributed by atoms with van der Waals surface area (Å²) in [6, 6.07) is 3.38. The van der Waals surface area contributed by atoms with Crippen molar-refractivity contribution in [3.05, 3.63) is 35.3 Å². The quantitative estimate of drug-likeness (QED) is 0.766. The second-order valence-corrected chi connectivity index (χ2v) is 3.44. The number of hydrogen-bond acceptors (Lipinski definition) is 5. The van der Waals surface area contributed by atoms with Gasteiger partial charge in [-0.2, -0.15) is 0 Å². The lowest BCUT2D eigenvalue weighted by atomic mass is 10.5. The largest absolute Gasteiger partial charge is 0.482 e. The molecular formula is C10H10ClN3O2. The highest BCUT2D eigenvalue weighted by Crippen LogP contribution is 2.13. The van der Waals surface area contributed by atoms with Crippen LogP contribution in [0.25, 0.3) is 0 Å². The van der Waals surface area contributed by atoms with Crippen molar-refractivity contribution in [2.24, 2.45) is 0 Å². The molecule has 0 atom stereocenters. The zero-order valence-corrected chi connectivity index (χ0v) is 9.44. The smallest absolute Gasteiger partial charge is 0.253 e. The Bertz CT molecular complexity index is 455. The standard InChI is InChI=1S/C10H10ClN3O2/c1-2-9-13-14-10(16-9)6-15-7-3-4-8(11)12-5-7/h3-5H,2,6H2,1H3. The zero-order chi connectivity index (χ0) is 11.4. The second-order valence-electron chi connectivity index (χ2n) is 3.05. The van der Waals surface area contributed by atoms with Gasteiger partial charge in [0.15, 0.2) is 6.61 Å². The van der Waals surface area contributed by atoms with Crippen LogP contribution < -0.4 is 4.74 Å². The van der Waals surface area contributed by atoms with Crippen molar-refractivity contribution in [1.29, 1.82) is 0 Å². The fourth-order valence-corrected chi connectivity index (χ4v) is 1.19. The van der Waals surface area contributed by atoms with Gasteiger partial charge in [0.2, 0.25) is 5.89 Å². The van der Waals surface area contributed by atoms with Gasteiger partial charge in [-0.15, -0.1) is 10.2 Å². The van der Waals surface area contributed by atoms with E-state index in [1.807, 2.05) is 6.92 Å². The number of rotatable bonds is 4. The number of pyridine rings is 1. The first kappa shape index (κ1) is 10.9. The van der Waals surface area contributed by atoms with E-state index in [4.69, 9.17) is 20.8 Å². The first-order chi connectivity index (χ1) is 7.78. The topological polar surface area (TPSA) is 61.0 Å². The van der Waals surface area contributed by atoms with Crippen LogP contribution in [0.5, 0.6) is 5.75 Å². The van der Waals surface area contributed by atoms with E-state index in [1.165, 1.54) is 0 Å². The first-order valence-corrected chi connectivity index (χ1v) is 5.21. The zero-order valence-electron chi connectivity index (χ0n) is 8.68. The Morgan fingerprint density at radius 2 is 2.12 bits per heavy atom. The highest BCUT2D eigenvalue weighted by Gasteiger charge is 2.04. The molecule has 2 rings (SSSR count). The van der Waals surface area contributed by atoms with E-state index in [0.717, 1.165) is 6.42 Å².